The second kappa shape index (κ2) is 10.00. The second-order valence-electron chi connectivity index (χ2n) is 10.1. The number of carbonyl (C=O) groups is 2. The van der Waals surface area contributed by atoms with Gasteiger partial charge in [0.2, 0.25) is 8.87 Å². The third kappa shape index (κ3) is 7.50. The van der Waals surface area contributed by atoms with Gasteiger partial charge in [-0.15, -0.1) is 0 Å². The van der Waals surface area contributed by atoms with Crippen LogP contribution in [0.1, 0.15) is 58.2 Å². The highest BCUT2D eigenvalue weighted by atomic mass is 33.1. The summed E-state index contributed by atoms with van der Waals surface area (Å²) >= 11 is 0. The van der Waals surface area contributed by atoms with E-state index in [-0.39, 0.29) is 10.6 Å². The minimum absolute atomic E-state index is 0.202. The molecule has 0 saturated carbocycles. The van der Waals surface area contributed by atoms with Crippen molar-refractivity contribution >= 4 is 37.5 Å². The van der Waals surface area contributed by atoms with E-state index in [1.54, 1.807) is 91.8 Å². The summed E-state index contributed by atoms with van der Waals surface area (Å²) in [6, 6.07) is 9.86. The van der Waals surface area contributed by atoms with Crippen molar-refractivity contribution in [3.8, 4) is 0 Å². The second-order valence-corrected chi connectivity index (χ2v) is 13.9. The molecule has 34 heavy (non-hydrogen) atoms. The van der Waals surface area contributed by atoms with E-state index in [0.29, 0.717) is 16.0 Å². The number of nitrogens with zero attached hydrogens (tertiary/aromatic N) is 1. The van der Waals surface area contributed by atoms with Gasteiger partial charge in [-0.1, -0.05) is 17.7 Å². The normalized spacial score (nSPS) is 12.3. The fourth-order valence-electron chi connectivity index (χ4n) is 2.86. The van der Waals surface area contributed by atoms with E-state index in [9.17, 15) is 18.0 Å². The highest BCUT2D eigenvalue weighted by Crippen LogP contribution is 2.37. The molecule has 0 aliphatic heterocycles. The van der Waals surface area contributed by atoms with Crippen LogP contribution in [-0.4, -0.2) is 31.8 Å². The van der Waals surface area contributed by atoms with Crippen LogP contribution < -0.4 is 4.90 Å². The molecule has 0 aliphatic rings. The Bertz CT molecular complexity index is 1150. The van der Waals surface area contributed by atoms with Crippen LogP contribution >= 0.6 is 10.8 Å². The number of ether oxygens (including phenoxy) is 2. The Morgan fingerprint density at radius 2 is 1.26 bits per heavy atom. The van der Waals surface area contributed by atoms with Gasteiger partial charge in [-0.2, -0.15) is 4.90 Å². The zero-order valence-electron chi connectivity index (χ0n) is 21.2. The standard InChI is InChI=1S/C25H33NO6S2/c1-16-10-12-19(13-11-16)34(29,30)33-21-15-17(2)20(14-18(21)3)26(22(27)31-24(4,5)6)23(28)32-25(7,8)9/h10-15H,1-9H3. The third-order valence-electron chi connectivity index (χ3n) is 4.40. The first-order chi connectivity index (χ1) is 15.4. The Labute approximate surface area is 206 Å². The molecule has 0 bridgehead atoms. The molecule has 0 aliphatic carbocycles. The molecule has 2 aromatic carbocycles. The number of amides is 2. The van der Waals surface area contributed by atoms with Crippen LogP contribution in [0.2, 0.25) is 0 Å². The van der Waals surface area contributed by atoms with Gasteiger partial charge in [0.1, 0.15) is 11.2 Å². The number of imide groups is 1. The summed E-state index contributed by atoms with van der Waals surface area (Å²) in [5.74, 6) is 0. The van der Waals surface area contributed by atoms with E-state index in [0.717, 1.165) is 21.3 Å². The Morgan fingerprint density at radius 1 is 0.794 bits per heavy atom. The maximum atomic E-state index is 13.0. The van der Waals surface area contributed by atoms with Crippen LogP contribution in [0.25, 0.3) is 0 Å². The lowest BCUT2D eigenvalue weighted by Crippen LogP contribution is -2.44. The lowest BCUT2D eigenvalue weighted by Gasteiger charge is -2.29. The molecule has 0 fully saturated rings. The molecule has 2 aromatic rings. The zero-order chi connectivity index (χ0) is 26.1. The SMILES string of the molecule is Cc1ccc(S(=O)(=O)Sc2cc(C)c(N(C(=O)OC(C)(C)C)C(=O)OC(C)(C)C)cc2C)cc1. The van der Waals surface area contributed by atoms with Crippen molar-refractivity contribution in [2.24, 2.45) is 0 Å². The fraction of sp³-hybridized carbons (Fsp3) is 0.440. The van der Waals surface area contributed by atoms with Gasteiger partial charge in [-0.25, -0.2) is 18.0 Å². The molecule has 2 rings (SSSR count). The molecule has 0 spiro atoms. The summed E-state index contributed by atoms with van der Waals surface area (Å²) in [6.45, 7) is 15.5. The molecular formula is C25H33NO6S2. The van der Waals surface area contributed by atoms with Crippen LogP contribution in [0.4, 0.5) is 15.3 Å². The molecule has 0 atom stereocenters. The molecule has 0 N–H and O–H groups in total. The molecule has 9 heteroatoms. The number of benzene rings is 2. The molecule has 0 aromatic heterocycles. The first-order valence-electron chi connectivity index (χ1n) is 10.8. The molecule has 7 nitrogen and oxygen atoms in total. The number of carbonyl (C=O) groups excluding carboxylic acids is 2. The number of anilines is 1. The minimum atomic E-state index is -3.66. The summed E-state index contributed by atoms with van der Waals surface area (Å²) in [5, 5.41) is 0. The van der Waals surface area contributed by atoms with E-state index >= 15 is 0 Å². The van der Waals surface area contributed by atoms with Crippen LogP contribution in [0.3, 0.4) is 0 Å². The summed E-state index contributed by atoms with van der Waals surface area (Å²) in [7, 11) is -2.94. The van der Waals surface area contributed by atoms with Crippen molar-refractivity contribution in [3.05, 3.63) is 53.1 Å². The molecule has 0 unspecified atom stereocenters. The Kier molecular flexibility index (Phi) is 8.15. The van der Waals surface area contributed by atoms with Gasteiger partial charge in [-0.3, -0.25) is 0 Å². The van der Waals surface area contributed by atoms with Gasteiger partial charge in [0.05, 0.1) is 10.6 Å². The number of rotatable bonds is 4. The highest BCUT2D eigenvalue weighted by molar-refractivity contribution is 8.72. The van der Waals surface area contributed by atoms with E-state index < -0.39 is 32.3 Å². The van der Waals surface area contributed by atoms with Crippen molar-refractivity contribution in [2.75, 3.05) is 4.90 Å². The average molecular weight is 508 g/mol. The predicted octanol–water partition coefficient (Wildman–Crippen LogP) is 6.77. The summed E-state index contributed by atoms with van der Waals surface area (Å²) in [5.41, 5.74) is 0.654. The van der Waals surface area contributed by atoms with Crippen molar-refractivity contribution < 1.29 is 27.5 Å². The molecule has 186 valence electrons. The van der Waals surface area contributed by atoms with Crippen LogP contribution in [0.5, 0.6) is 0 Å². The molecule has 0 radical (unpaired) electrons. The minimum Gasteiger partial charge on any atom is -0.443 e. The number of hydrogen-bond acceptors (Lipinski definition) is 7. The Morgan fingerprint density at radius 3 is 1.71 bits per heavy atom. The third-order valence-corrected chi connectivity index (χ3v) is 7.86. The summed E-state index contributed by atoms with van der Waals surface area (Å²) in [6.07, 6.45) is -1.76. The van der Waals surface area contributed by atoms with Gasteiger partial charge < -0.3 is 9.47 Å². The highest BCUT2D eigenvalue weighted by Gasteiger charge is 2.34. The Balaban J connectivity index is 2.49. The predicted molar refractivity (Wildman–Crippen MR) is 135 cm³/mol. The van der Waals surface area contributed by atoms with E-state index in [1.807, 2.05) is 6.92 Å². The Hall–Kier alpha value is -2.52. The van der Waals surface area contributed by atoms with Gasteiger partial charge in [0, 0.05) is 15.7 Å². The van der Waals surface area contributed by atoms with Gasteiger partial charge in [0.25, 0.3) is 0 Å². The van der Waals surface area contributed by atoms with Crippen molar-refractivity contribution in [2.45, 2.75) is 83.3 Å². The molecule has 0 saturated heterocycles. The monoisotopic (exact) mass is 507 g/mol. The average Bonchev–Trinajstić information content (AvgIpc) is 2.63. The maximum absolute atomic E-state index is 13.0. The maximum Gasteiger partial charge on any atom is 0.424 e. The lowest BCUT2D eigenvalue weighted by atomic mass is 10.1. The van der Waals surface area contributed by atoms with E-state index in [2.05, 4.69) is 0 Å². The van der Waals surface area contributed by atoms with E-state index in [1.165, 1.54) is 0 Å². The summed E-state index contributed by atoms with van der Waals surface area (Å²) in [4.78, 5) is 27.5. The first-order valence-corrected chi connectivity index (χ1v) is 13.6. The van der Waals surface area contributed by atoms with E-state index in [4.69, 9.17) is 9.47 Å². The van der Waals surface area contributed by atoms with Gasteiger partial charge >= 0.3 is 12.2 Å². The fourth-order valence-corrected chi connectivity index (χ4v) is 5.95. The largest absolute Gasteiger partial charge is 0.443 e. The van der Waals surface area contributed by atoms with Gasteiger partial charge in [0.15, 0.2) is 0 Å². The van der Waals surface area contributed by atoms with Crippen LogP contribution in [0.15, 0.2) is 46.2 Å². The topological polar surface area (TPSA) is 90.0 Å². The van der Waals surface area contributed by atoms with Crippen LogP contribution in [-0.2, 0) is 18.3 Å². The first kappa shape index (κ1) is 27.7. The number of hydrogen-bond donors (Lipinski definition) is 0. The molecule has 0 heterocycles. The lowest BCUT2D eigenvalue weighted by molar-refractivity contribution is 0.0430. The van der Waals surface area contributed by atoms with Crippen molar-refractivity contribution in [1.82, 2.24) is 0 Å². The smallest absolute Gasteiger partial charge is 0.424 e. The quantitative estimate of drug-likeness (QED) is 0.422. The van der Waals surface area contributed by atoms with Crippen LogP contribution in [0, 0.1) is 20.8 Å². The summed E-state index contributed by atoms with van der Waals surface area (Å²) < 4.78 is 36.8. The zero-order valence-corrected chi connectivity index (χ0v) is 22.8. The number of aryl methyl sites for hydroxylation is 3. The van der Waals surface area contributed by atoms with Gasteiger partial charge in [-0.05, 0) is 97.7 Å². The molecule has 2 amide bonds. The molecular weight excluding hydrogens is 474 g/mol. The van der Waals surface area contributed by atoms with Crippen molar-refractivity contribution in [3.63, 3.8) is 0 Å². The van der Waals surface area contributed by atoms with Crippen molar-refractivity contribution in [1.29, 1.82) is 0 Å².